The number of benzene rings is 1. The second kappa shape index (κ2) is 9.87. The van der Waals surface area contributed by atoms with Crippen molar-refractivity contribution in [3.05, 3.63) is 79.1 Å². The van der Waals surface area contributed by atoms with E-state index in [9.17, 15) is 9.18 Å². The first-order valence-corrected chi connectivity index (χ1v) is 7.60. The number of anilines is 1. The lowest BCUT2D eigenvalue weighted by Crippen LogP contribution is -2.20. The molecule has 0 fully saturated rings. The molecule has 0 unspecified atom stereocenters. The van der Waals surface area contributed by atoms with Crippen molar-refractivity contribution in [2.45, 2.75) is 20.4 Å². The second-order valence-corrected chi connectivity index (χ2v) is 5.27. The summed E-state index contributed by atoms with van der Waals surface area (Å²) in [7, 11) is 0. The minimum absolute atomic E-state index is 0.265. The van der Waals surface area contributed by atoms with E-state index in [1.807, 2.05) is 18.2 Å². The maximum Gasteiger partial charge on any atom is 0.247 e. The van der Waals surface area contributed by atoms with E-state index in [-0.39, 0.29) is 11.7 Å². The number of amidine groups is 1. The Morgan fingerprint density at radius 1 is 1.32 bits per heavy atom. The van der Waals surface area contributed by atoms with Crippen LogP contribution >= 0.6 is 0 Å². The van der Waals surface area contributed by atoms with E-state index in [0.29, 0.717) is 29.6 Å². The van der Waals surface area contributed by atoms with Gasteiger partial charge in [-0.05, 0) is 43.7 Å². The Kier molecular flexibility index (Phi) is 7.86. The van der Waals surface area contributed by atoms with E-state index in [1.54, 1.807) is 13.0 Å². The molecule has 0 bridgehead atoms. The first-order valence-electron chi connectivity index (χ1n) is 7.60. The van der Waals surface area contributed by atoms with Crippen molar-refractivity contribution in [3.63, 3.8) is 0 Å². The van der Waals surface area contributed by atoms with Crippen molar-refractivity contribution in [2.24, 2.45) is 4.99 Å². The van der Waals surface area contributed by atoms with Crippen LogP contribution in [0.4, 0.5) is 10.1 Å². The Balaban J connectivity index is 2.58. The van der Waals surface area contributed by atoms with Crippen LogP contribution < -0.4 is 16.0 Å². The second-order valence-electron chi connectivity index (χ2n) is 5.27. The number of carbonyl (C=O) groups excluding carboxylic acids is 1. The summed E-state index contributed by atoms with van der Waals surface area (Å²) in [6, 6.07) is 7.38. The zero-order valence-corrected chi connectivity index (χ0v) is 14.5. The third-order valence-corrected chi connectivity index (χ3v) is 2.89. The predicted octanol–water partition coefficient (Wildman–Crippen LogP) is 3.77. The van der Waals surface area contributed by atoms with E-state index in [0.717, 1.165) is 5.56 Å². The number of hydrogen-bond donors (Lipinski definition) is 3. The molecule has 0 heterocycles. The molecule has 0 aliphatic carbocycles. The fourth-order valence-electron chi connectivity index (χ4n) is 1.93. The molecule has 1 aromatic carbocycles. The maximum absolute atomic E-state index is 12.8. The molecule has 0 saturated carbocycles. The highest BCUT2D eigenvalue weighted by molar-refractivity contribution is 5.98. The van der Waals surface area contributed by atoms with E-state index in [2.05, 4.69) is 40.7 Å². The number of carbonyl (C=O) groups is 1. The van der Waals surface area contributed by atoms with Gasteiger partial charge in [-0.3, -0.25) is 4.79 Å². The van der Waals surface area contributed by atoms with Crippen molar-refractivity contribution in [1.82, 2.24) is 10.6 Å². The monoisotopic (exact) mass is 342 g/mol. The first kappa shape index (κ1) is 19.9. The van der Waals surface area contributed by atoms with Crippen molar-refractivity contribution in [2.75, 3.05) is 5.32 Å². The van der Waals surface area contributed by atoms with Crippen LogP contribution in [-0.2, 0) is 11.3 Å². The number of allylic oxidation sites excluding steroid dienone is 2. The van der Waals surface area contributed by atoms with Crippen molar-refractivity contribution in [3.8, 4) is 0 Å². The quantitative estimate of drug-likeness (QED) is 0.292. The largest absolute Gasteiger partial charge is 0.366 e. The lowest BCUT2D eigenvalue weighted by atomic mass is 10.2. The SMILES string of the molecule is C=CC(=O)Nc1cccc(CNC(=C)N=C(C)NC(=C)/C=C(\C)F)c1. The third-order valence-electron chi connectivity index (χ3n) is 2.89. The van der Waals surface area contributed by atoms with Crippen molar-refractivity contribution in [1.29, 1.82) is 0 Å². The van der Waals surface area contributed by atoms with E-state index in [4.69, 9.17) is 0 Å². The van der Waals surface area contributed by atoms with Crippen LogP contribution in [0.1, 0.15) is 19.4 Å². The Labute approximate surface area is 147 Å². The molecular weight excluding hydrogens is 319 g/mol. The molecule has 0 atom stereocenters. The molecule has 0 aliphatic rings. The fourth-order valence-corrected chi connectivity index (χ4v) is 1.93. The van der Waals surface area contributed by atoms with Gasteiger partial charge in [0.1, 0.15) is 11.7 Å². The van der Waals surface area contributed by atoms with Gasteiger partial charge >= 0.3 is 0 Å². The molecule has 3 N–H and O–H groups in total. The molecular formula is C19H23FN4O. The zero-order chi connectivity index (χ0) is 18.8. The average Bonchev–Trinajstić information content (AvgIpc) is 2.52. The summed E-state index contributed by atoms with van der Waals surface area (Å²) in [6.45, 7) is 14.5. The highest BCUT2D eigenvalue weighted by Gasteiger charge is 2.00. The summed E-state index contributed by atoms with van der Waals surface area (Å²) in [5.74, 6) is 0.371. The molecule has 1 rings (SSSR count). The van der Waals surface area contributed by atoms with Gasteiger partial charge in [0.15, 0.2) is 0 Å². The molecule has 0 radical (unpaired) electrons. The lowest BCUT2D eigenvalue weighted by molar-refractivity contribution is -0.111. The smallest absolute Gasteiger partial charge is 0.247 e. The van der Waals surface area contributed by atoms with Gasteiger partial charge in [0.25, 0.3) is 0 Å². The number of hydrogen-bond acceptors (Lipinski definition) is 3. The third kappa shape index (κ3) is 8.31. The Morgan fingerprint density at radius 3 is 2.68 bits per heavy atom. The Morgan fingerprint density at radius 2 is 2.04 bits per heavy atom. The number of nitrogens with zero attached hydrogens (tertiary/aromatic N) is 1. The lowest BCUT2D eigenvalue weighted by Gasteiger charge is -2.10. The van der Waals surface area contributed by atoms with Crippen LogP contribution in [0.3, 0.4) is 0 Å². The summed E-state index contributed by atoms with van der Waals surface area (Å²) in [5.41, 5.74) is 2.03. The highest BCUT2D eigenvalue weighted by atomic mass is 19.1. The van der Waals surface area contributed by atoms with Crippen LogP contribution in [0.25, 0.3) is 0 Å². The Bertz CT molecular complexity index is 731. The van der Waals surface area contributed by atoms with Crippen LogP contribution in [0, 0.1) is 0 Å². The number of amides is 1. The van der Waals surface area contributed by atoms with Gasteiger partial charge in [-0.2, -0.15) is 0 Å². The number of rotatable bonds is 8. The minimum atomic E-state index is -0.342. The van der Waals surface area contributed by atoms with Crippen LogP contribution in [0.15, 0.2) is 78.5 Å². The van der Waals surface area contributed by atoms with E-state index in [1.165, 1.54) is 19.1 Å². The van der Waals surface area contributed by atoms with Gasteiger partial charge in [-0.15, -0.1) is 0 Å². The van der Waals surface area contributed by atoms with Gasteiger partial charge < -0.3 is 16.0 Å². The van der Waals surface area contributed by atoms with Crippen LogP contribution in [-0.4, -0.2) is 11.7 Å². The van der Waals surface area contributed by atoms with Gasteiger partial charge in [-0.25, -0.2) is 9.38 Å². The summed E-state index contributed by atoms with van der Waals surface area (Å²) in [4.78, 5) is 15.5. The summed E-state index contributed by atoms with van der Waals surface area (Å²) in [6.07, 6.45) is 2.49. The molecule has 0 saturated heterocycles. The average molecular weight is 342 g/mol. The van der Waals surface area contributed by atoms with Gasteiger partial charge in [0.2, 0.25) is 5.91 Å². The van der Waals surface area contributed by atoms with Crippen molar-refractivity contribution < 1.29 is 9.18 Å². The molecule has 6 heteroatoms. The number of aliphatic imine (C=N–C) groups is 1. The topological polar surface area (TPSA) is 65.5 Å². The van der Waals surface area contributed by atoms with E-state index >= 15 is 0 Å². The molecule has 25 heavy (non-hydrogen) atoms. The van der Waals surface area contributed by atoms with Gasteiger partial charge in [-0.1, -0.05) is 31.9 Å². The van der Waals surface area contributed by atoms with E-state index < -0.39 is 0 Å². The normalized spacial score (nSPS) is 11.5. The molecule has 0 aliphatic heterocycles. The maximum atomic E-state index is 12.8. The first-order chi connectivity index (χ1) is 11.8. The Hall–Kier alpha value is -3.15. The molecule has 0 aromatic heterocycles. The summed E-state index contributed by atoms with van der Waals surface area (Å²) < 4.78 is 12.8. The van der Waals surface area contributed by atoms with Crippen molar-refractivity contribution >= 4 is 17.4 Å². The summed E-state index contributed by atoms with van der Waals surface area (Å²) in [5, 5.41) is 8.62. The fraction of sp³-hybridized carbons (Fsp3) is 0.158. The molecule has 1 amide bonds. The zero-order valence-electron chi connectivity index (χ0n) is 14.5. The standard InChI is InChI=1S/C19H23FN4O/c1-6-19(25)24-18-9-7-8-17(11-18)12-21-15(4)23-16(5)22-14(3)10-13(2)20/h6-11,21H,1,3-4,12H2,2,5H3,(H,22,23)(H,24,25)/b13-10+. The van der Waals surface area contributed by atoms with Crippen LogP contribution in [0.5, 0.6) is 0 Å². The highest BCUT2D eigenvalue weighted by Crippen LogP contribution is 2.11. The van der Waals surface area contributed by atoms with Gasteiger partial charge in [0.05, 0.1) is 5.83 Å². The molecule has 132 valence electrons. The molecule has 0 spiro atoms. The number of nitrogens with one attached hydrogen (secondary N) is 3. The van der Waals surface area contributed by atoms with Gasteiger partial charge in [0, 0.05) is 17.9 Å². The summed E-state index contributed by atoms with van der Waals surface area (Å²) >= 11 is 0. The number of halogens is 1. The molecule has 5 nitrogen and oxygen atoms in total. The predicted molar refractivity (Wildman–Crippen MR) is 101 cm³/mol. The minimum Gasteiger partial charge on any atom is -0.366 e. The van der Waals surface area contributed by atoms with Crippen LogP contribution in [0.2, 0.25) is 0 Å². The molecule has 1 aromatic rings.